The second-order valence-electron chi connectivity index (χ2n) is 6.12. The normalized spacial score (nSPS) is 11.7. The van der Waals surface area contributed by atoms with Gasteiger partial charge in [0.05, 0.1) is 28.4 Å². The van der Waals surface area contributed by atoms with Gasteiger partial charge < -0.3 is 11.5 Å². The molecular weight excluding hydrogens is 332 g/mol. The van der Waals surface area contributed by atoms with Gasteiger partial charge in [-0.3, -0.25) is 18.9 Å². The number of carbonyl (C=O) groups excluding carboxylic acids is 1. The third kappa shape index (κ3) is 1.68. The van der Waals surface area contributed by atoms with Gasteiger partial charge in [-0.25, -0.2) is 9.97 Å². The molecule has 0 saturated heterocycles. The summed E-state index contributed by atoms with van der Waals surface area (Å²) in [6, 6.07) is 3.90. The van der Waals surface area contributed by atoms with Crippen molar-refractivity contribution >= 4 is 39.3 Å². The highest BCUT2D eigenvalue weighted by molar-refractivity contribution is 6.15. The van der Waals surface area contributed by atoms with Crippen molar-refractivity contribution in [1.82, 2.24) is 29.1 Å². The van der Waals surface area contributed by atoms with Crippen molar-refractivity contribution in [2.75, 3.05) is 5.73 Å². The van der Waals surface area contributed by atoms with Crippen molar-refractivity contribution in [3.05, 3.63) is 48.2 Å². The number of aromatic amines is 1. The summed E-state index contributed by atoms with van der Waals surface area (Å²) in [5, 5.41) is 8.46. The van der Waals surface area contributed by atoms with E-state index in [1.54, 1.807) is 33.9 Å². The van der Waals surface area contributed by atoms with E-state index in [2.05, 4.69) is 20.2 Å². The Kier molecular flexibility index (Phi) is 2.68. The predicted octanol–water partition coefficient (Wildman–Crippen LogP) is 1.54. The number of anilines is 1. The Labute approximate surface area is 146 Å². The van der Waals surface area contributed by atoms with Gasteiger partial charge >= 0.3 is 0 Å². The number of amides is 1. The molecule has 9 nitrogen and oxygen atoms in total. The molecule has 4 heterocycles. The SMILES string of the molecule is Cc1ccc2[nH]ncc2c1-n1c(N)c(C(N)=O)c2c1ncn1ccnc21. The van der Waals surface area contributed by atoms with Crippen LogP contribution in [0.2, 0.25) is 0 Å². The van der Waals surface area contributed by atoms with Gasteiger partial charge in [-0.15, -0.1) is 0 Å². The lowest BCUT2D eigenvalue weighted by atomic mass is 10.1. The molecule has 26 heavy (non-hydrogen) atoms. The zero-order chi connectivity index (χ0) is 18.0. The van der Waals surface area contributed by atoms with Crippen LogP contribution >= 0.6 is 0 Å². The second-order valence-corrected chi connectivity index (χ2v) is 6.12. The second kappa shape index (κ2) is 4.82. The summed E-state index contributed by atoms with van der Waals surface area (Å²) >= 11 is 0. The maximum absolute atomic E-state index is 12.2. The molecule has 4 aromatic heterocycles. The molecule has 0 aliphatic rings. The van der Waals surface area contributed by atoms with Crippen molar-refractivity contribution in [2.45, 2.75) is 6.92 Å². The van der Waals surface area contributed by atoms with Crippen LogP contribution in [0.4, 0.5) is 5.82 Å². The number of rotatable bonds is 2. The molecule has 0 spiro atoms. The number of nitrogen functional groups attached to an aromatic ring is 1. The van der Waals surface area contributed by atoms with E-state index in [1.807, 2.05) is 19.1 Å². The molecule has 5 N–H and O–H groups in total. The van der Waals surface area contributed by atoms with Crippen LogP contribution in [0.25, 0.3) is 33.3 Å². The fourth-order valence-corrected chi connectivity index (χ4v) is 3.51. The summed E-state index contributed by atoms with van der Waals surface area (Å²) in [4.78, 5) is 21.1. The largest absolute Gasteiger partial charge is 0.384 e. The Morgan fingerprint density at radius 2 is 2.08 bits per heavy atom. The highest BCUT2D eigenvalue weighted by atomic mass is 16.1. The van der Waals surface area contributed by atoms with Gasteiger partial charge in [0, 0.05) is 17.8 Å². The molecule has 0 aliphatic carbocycles. The number of aromatic nitrogens is 6. The molecule has 0 radical (unpaired) electrons. The van der Waals surface area contributed by atoms with Crippen LogP contribution in [0.1, 0.15) is 15.9 Å². The van der Waals surface area contributed by atoms with Crippen LogP contribution < -0.4 is 11.5 Å². The minimum Gasteiger partial charge on any atom is -0.384 e. The Hall–Kier alpha value is -3.88. The maximum atomic E-state index is 12.2. The van der Waals surface area contributed by atoms with Crippen molar-refractivity contribution in [2.24, 2.45) is 5.73 Å². The van der Waals surface area contributed by atoms with E-state index in [0.29, 0.717) is 16.7 Å². The minimum atomic E-state index is -0.624. The first kappa shape index (κ1) is 14.5. The third-order valence-corrected chi connectivity index (χ3v) is 4.65. The number of primary amides is 1. The van der Waals surface area contributed by atoms with Gasteiger partial charge in [-0.05, 0) is 18.6 Å². The van der Waals surface area contributed by atoms with E-state index < -0.39 is 5.91 Å². The minimum absolute atomic E-state index is 0.212. The third-order valence-electron chi connectivity index (χ3n) is 4.65. The molecule has 9 heteroatoms. The summed E-state index contributed by atoms with van der Waals surface area (Å²) in [5.41, 5.74) is 16.0. The van der Waals surface area contributed by atoms with E-state index in [-0.39, 0.29) is 11.4 Å². The van der Waals surface area contributed by atoms with E-state index in [0.717, 1.165) is 22.2 Å². The van der Waals surface area contributed by atoms with Gasteiger partial charge in [-0.2, -0.15) is 5.10 Å². The quantitative estimate of drug-likeness (QED) is 0.446. The summed E-state index contributed by atoms with van der Waals surface area (Å²) in [6.45, 7) is 1.96. The first-order valence-corrected chi connectivity index (χ1v) is 7.92. The Balaban J connectivity index is 2.04. The molecular formula is C17H14N8O. The number of carbonyl (C=O) groups is 1. The Morgan fingerprint density at radius 3 is 2.88 bits per heavy atom. The van der Waals surface area contributed by atoms with Gasteiger partial charge in [-0.1, -0.05) is 6.07 Å². The molecule has 0 fully saturated rings. The smallest absolute Gasteiger partial charge is 0.253 e. The molecule has 5 aromatic rings. The average molecular weight is 346 g/mol. The van der Waals surface area contributed by atoms with Gasteiger partial charge in [0.25, 0.3) is 5.91 Å². The number of aryl methyl sites for hydroxylation is 1. The fourth-order valence-electron chi connectivity index (χ4n) is 3.51. The van der Waals surface area contributed by atoms with Crippen LogP contribution in [0.15, 0.2) is 37.1 Å². The van der Waals surface area contributed by atoms with Gasteiger partial charge in [0.1, 0.15) is 17.8 Å². The lowest BCUT2D eigenvalue weighted by Gasteiger charge is -2.12. The lowest BCUT2D eigenvalue weighted by molar-refractivity contribution is 0.100. The molecule has 128 valence electrons. The Bertz CT molecular complexity index is 1340. The molecule has 1 amide bonds. The topological polar surface area (TPSA) is 133 Å². The van der Waals surface area contributed by atoms with E-state index in [9.17, 15) is 4.79 Å². The molecule has 0 aliphatic heterocycles. The first-order valence-electron chi connectivity index (χ1n) is 7.92. The van der Waals surface area contributed by atoms with Gasteiger partial charge in [0.15, 0.2) is 5.65 Å². The van der Waals surface area contributed by atoms with E-state index >= 15 is 0 Å². The van der Waals surface area contributed by atoms with Crippen LogP contribution in [-0.4, -0.2) is 35.0 Å². The number of nitrogens with zero attached hydrogens (tertiary/aromatic N) is 5. The standard InChI is InChI=1S/C17H14N8O/c1-8-2-3-10-9(6-22-23-10)13(8)25-14(18)11(15(19)26)12-16-20-4-5-24(16)7-21-17(12)25/h2-7H,18H2,1H3,(H2,19,26)(H,22,23). The fraction of sp³-hybridized carbons (Fsp3) is 0.0588. The number of nitrogens with two attached hydrogens (primary N) is 2. The number of nitrogens with one attached hydrogen (secondary N) is 1. The molecule has 0 saturated carbocycles. The van der Waals surface area contributed by atoms with Crippen LogP contribution in [-0.2, 0) is 0 Å². The summed E-state index contributed by atoms with van der Waals surface area (Å²) < 4.78 is 3.47. The highest BCUT2D eigenvalue weighted by Crippen LogP contribution is 2.35. The molecule has 0 atom stereocenters. The number of benzene rings is 1. The summed E-state index contributed by atoms with van der Waals surface area (Å²) in [5.74, 6) is -0.394. The van der Waals surface area contributed by atoms with Crippen molar-refractivity contribution in [3.8, 4) is 5.69 Å². The summed E-state index contributed by atoms with van der Waals surface area (Å²) in [7, 11) is 0. The number of hydrogen-bond donors (Lipinski definition) is 3. The number of hydrogen-bond acceptors (Lipinski definition) is 5. The van der Waals surface area contributed by atoms with Gasteiger partial charge in [0.2, 0.25) is 0 Å². The monoisotopic (exact) mass is 346 g/mol. The molecule has 0 bridgehead atoms. The van der Waals surface area contributed by atoms with Crippen molar-refractivity contribution in [1.29, 1.82) is 0 Å². The van der Waals surface area contributed by atoms with E-state index in [4.69, 9.17) is 11.5 Å². The zero-order valence-corrected chi connectivity index (χ0v) is 13.8. The molecule has 5 rings (SSSR count). The van der Waals surface area contributed by atoms with Crippen LogP contribution in [0.3, 0.4) is 0 Å². The number of H-pyrrole nitrogens is 1. The average Bonchev–Trinajstić information content (AvgIpc) is 3.31. The lowest BCUT2D eigenvalue weighted by Crippen LogP contribution is -2.14. The van der Waals surface area contributed by atoms with Crippen molar-refractivity contribution in [3.63, 3.8) is 0 Å². The van der Waals surface area contributed by atoms with Crippen LogP contribution in [0, 0.1) is 6.92 Å². The maximum Gasteiger partial charge on any atom is 0.253 e. The number of fused-ring (bicyclic) bond motifs is 4. The predicted molar refractivity (Wildman–Crippen MR) is 97.1 cm³/mol. The number of imidazole rings is 1. The Morgan fingerprint density at radius 1 is 1.23 bits per heavy atom. The first-order chi connectivity index (χ1) is 12.6. The molecule has 1 aromatic carbocycles. The van der Waals surface area contributed by atoms with Crippen molar-refractivity contribution < 1.29 is 4.79 Å². The summed E-state index contributed by atoms with van der Waals surface area (Å²) in [6.07, 6.45) is 6.75. The molecule has 0 unspecified atom stereocenters. The van der Waals surface area contributed by atoms with E-state index in [1.165, 1.54) is 0 Å². The highest BCUT2D eigenvalue weighted by Gasteiger charge is 2.25. The van der Waals surface area contributed by atoms with Crippen LogP contribution in [0.5, 0.6) is 0 Å². The zero-order valence-electron chi connectivity index (χ0n) is 13.8.